The molecule has 0 spiro atoms. The lowest BCUT2D eigenvalue weighted by atomic mass is 10.4. The highest BCUT2D eigenvalue weighted by Crippen LogP contribution is 2.27. The average Bonchev–Trinajstić information content (AvgIpc) is 2.31. The van der Waals surface area contributed by atoms with E-state index in [0.717, 1.165) is 5.19 Å². The Balaban J connectivity index is 2.98. The van der Waals surface area contributed by atoms with Crippen LogP contribution in [0.15, 0.2) is 54.9 Å². The van der Waals surface area contributed by atoms with Crippen LogP contribution in [0.2, 0.25) is 6.04 Å². The van der Waals surface area contributed by atoms with E-state index in [-0.39, 0.29) is 6.04 Å². The second-order valence-corrected chi connectivity index (χ2v) is 7.90. The van der Waals surface area contributed by atoms with E-state index in [0.29, 0.717) is 0 Å². The van der Waals surface area contributed by atoms with Gasteiger partial charge in [0.05, 0.1) is 0 Å². The van der Waals surface area contributed by atoms with E-state index in [1.165, 1.54) is 0 Å². The van der Waals surface area contributed by atoms with Gasteiger partial charge in [0.1, 0.15) is 8.07 Å². The predicted octanol–water partition coefficient (Wildman–Crippen LogP) is 3.75. The molecule has 0 aliphatic carbocycles. The molecule has 0 N–H and O–H groups in total. The molecule has 0 aliphatic rings. The summed E-state index contributed by atoms with van der Waals surface area (Å²) in [5, 5.41) is 0.925. The minimum atomic E-state index is -4.13. The summed E-state index contributed by atoms with van der Waals surface area (Å²) in [5.74, 6) is 0. The minimum Gasteiger partial charge on any atom is -0.171 e. The molecule has 0 nitrogen and oxygen atoms in total. The van der Waals surface area contributed by atoms with Crippen molar-refractivity contribution in [3.8, 4) is 0 Å². The van der Waals surface area contributed by atoms with Gasteiger partial charge in [0.15, 0.2) is 0 Å². The van der Waals surface area contributed by atoms with Gasteiger partial charge in [-0.3, -0.25) is 0 Å². The minimum absolute atomic E-state index is 0.0769. The molecule has 1 rings (SSSR count). The van der Waals surface area contributed by atoms with Crippen molar-refractivity contribution >= 4 is 13.3 Å². The number of benzene rings is 1. The molecule has 0 radical (unpaired) electrons. The summed E-state index contributed by atoms with van der Waals surface area (Å²) in [7, 11) is -2.42. The summed E-state index contributed by atoms with van der Waals surface area (Å²) in [5.41, 5.74) is 3.34. The molecule has 1 aromatic carbocycles. The lowest BCUT2D eigenvalue weighted by Crippen LogP contribution is -2.45. The molecule has 0 aromatic heterocycles. The lowest BCUT2D eigenvalue weighted by Gasteiger charge is -2.25. The number of hydrogen-bond donors (Lipinski definition) is 0. The smallest absolute Gasteiger partial charge is 0.171 e. The SMILES string of the molecule is C=C[Si](C=C)(CCC(F)(F)F)c1ccccc1. The summed E-state index contributed by atoms with van der Waals surface area (Å²) in [4.78, 5) is 0. The van der Waals surface area contributed by atoms with Crippen LogP contribution in [-0.2, 0) is 0 Å². The van der Waals surface area contributed by atoms with Crippen molar-refractivity contribution in [1.82, 2.24) is 0 Å². The van der Waals surface area contributed by atoms with E-state index >= 15 is 0 Å². The molecular formula is C13H15F3Si. The van der Waals surface area contributed by atoms with Crippen molar-refractivity contribution in [3.05, 3.63) is 54.9 Å². The van der Waals surface area contributed by atoms with Crippen LogP contribution in [0.1, 0.15) is 6.42 Å². The quantitative estimate of drug-likeness (QED) is 0.704. The molecule has 0 unspecified atom stereocenters. The largest absolute Gasteiger partial charge is 0.388 e. The van der Waals surface area contributed by atoms with Gasteiger partial charge in [-0.05, 0) is 6.04 Å². The molecular weight excluding hydrogens is 241 g/mol. The molecule has 0 amide bonds. The Kier molecular flexibility index (Phi) is 4.34. The molecule has 0 bridgehead atoms. The van der Waals surface area contributed by atoms with Gasteiger partial charge in [0.2, 0.25) is 0 Å². The first-order valence-electron chi connectivity index (χ1n) is 5.33. The van der Waals surface area contributed by atoms with E-state index in [4.69, 9.17) is 0 Å². The normalized spacial score (nSPS) is 12.2. The van der Waals surface area contributed by atoms with Crippen LogP contribution in [-0.4, -0.2) is 14.3 Å². The second kappa shape index (κ2) is 5.36. The highest BCUT2D eigenvalue weighted by atomic mass is 28.3. The van der Waals surface area contributed by atoms with Crippen LogP contribution in [0.5, 0.6) is 0 Å². The van der Waals surface area contributed by atoms with Gasteiger partial charge in [-0.1, -0.05) is 46.9 Å². The van der Waals surface area contributed by atoms with Gasteiger partial charge in [0.25, 0.3) is 0 Å². The summed E-state index contributed by atoms with van der Waals surface area (Å²) < 4.78 is 37.0. The summed E-state index contributed by atoms with van der Waals surface area (Å²) in [6.07, 6.45) is -4.91. The van der Waals surface area contributed by atoms with Gasteiger partial charge in [0, 0.05) is 6.42 Å². The molecule has 0 saturated carbocycles. The van der Waals surface area contributed by atoms with Crippen LogP contribution in [0, 0.1) is 0 Å². The molecule has 4 heteroatoms. The number of halogens is 3. The lowest BCUT2D eigenvalue weighted by molar-refractivity contribution is -0.130. The Morgan fingerprint density at radius 2 is 1.59 bits per heavy atom. The van der Waals surface area contributed by atoms with Crippen LogP contribution in [0.25, 0.3) is 0 Å². The van der Waals surface area contributed by atoms with Crippen molar-refractivity contribution in [2.24, 2.45) is 0 Å². The first kappa shape index (κ1) is 13.8. The zero-order chi connectivity index (χ0) is 12.9. The fourth-order valence-corrected chi connectivity index (χ4v) is 4.61. The van der Waals surface area contributed by atoms with Gasteiger partial charge in [-0.25, -0.2) is 0 Å². The van der Waals surface area contributed by atoms with E-state index in [1.54, 1.807) is 11.4 Å². The number of alkyl halides is 3. The third kappa shape index (κ3) is 3.59. The van der Waals surface area contributed by atoms with E-state index in [2.05, 4.69) is 13.2 Å². The van der Waals surface area contributed by atoms with Crippen molar-refractivity contribution in [3.63, 3.8) is 0 Å². The molecule has 1 aromatic rings. The van der Waals surface area contributed by atoms with Crippen molar-refractivity contribution < 1.29 is 13.2 Å². The molecule has 0 saturated heterocycles. The van der Waals surface area contributed by atoms with E-state index < -0.39 is 20.7 Å². The average molecular weight is 256 g/mol. The maximum atomic E-state index is 12.3. The first-order chi connectivity index (χ1) is 7.93. The van der Waals surface area contributed by atoms with Crippen LogP contribution >= 0.6 is 0 Å². The third-order valence-corrected chi connectivity index (χ3v) is 6.80. The Morgan fingerprint density at radius 3 is 2.00 bits per heavy atom. The maximum absolute atomic E-state index is 12.3. The summed E-state index contributed by atoms with van der Waals surface area (Å²) >= 11 is 0. The van der Waals surface area contributed by atoms with Crippen molar-refractivity contribution in [1.29, 1.82) is 0 Å². The fraction of sp³-hybridized carbons (Fsp3) is 0.231. The van der Waals surface area contributed by atoms with Crippen molar-refractivity contribution in [2.75, 3.05) is 0 Å². The Labute approximate surface area is 100 Å². The molecule has 0 atom stereocenters. The Morgan fingerprint density at radius 1 is 1.06 bits per heavy atom. The highest BCUT2D eigenvalue weighted by Gasteiger charge is 2.35. The first-order valence-corrected chi connectivity index (χ1v) is 7.69. The third-order valence-electron chi connectivity index (χ3n) is 2.86. The second-order valence-electron chi connectivity index (χ2n) is 3.93. The van der Waals surface area contributed by atoms with Crippen LogP contribution in [0.3, 0.4) is 0 Å². The van der Waals surface area contributed by atoms with Crippen LogP contribution < -0.4 is 5.19 Å². The summed E-state index contributed by atoms with van der Waals surface area (Å²) in [6, 6.07) is 9.29. The van der Waals surface area contributed by atoms with Crippen LogP contribution in [0.4, 0.5) is 13.2 Å². The molecule has 17 heavy (non-hydrogen) atoms. The highest BCUT2D eigenvalue weighted by molar-refractivity contribution is 6.99. The Hall–Kier alpha value is -1.29. The van der Waals surface area contributed by atoms with Gasteiger partial charge >= 0.3 is 6.18 Å². The topological polar surface area (TPSA) is 0 Å². The van der Waals surface area contributed by atoms with Gasteiger partial charge < -0.3 is 0 Å². The molecule has 0 fully saturated rings. The molecule has 0 aliphatic heterocycles. The van der Waals surface area contributed by atoms with Crippen molar-refractivity contribution in [2.45, 2.75) is 18.6 Å². The van der Waals surface area contributed by atoms with Gasteiger partial charge in [-0.15, -0.1) is 13.2 Å². The fourth-order valence-electron chi connectivity index (χ4n) is 1.76. The predicted molar refractivity (Wildman–Crippen MR) is 67.7 cm³/mol. The number of rotatable bonds is 5. The zero-order valence-corrected chi connectivity index (χ0v) is 10.5. The standard InChI is InChI=1S/C13H15F3Si/c1-3-17(4-2,11-10-13(14,15)16)12-8-6-5-7-9-12/h3-9H,1-2,10-11H2. The van der Waals surface area contributed by atoms with E-state index in [9.17, 15) is 13.2 Å². The monoisotopic (exact) mass is 256 g/mol. The van der Waals surface area contributed by atoms with E-state index in [1.807, 2.05) is 30.3 Å². The molecule has 92 valence electrons. The number of hydrogen-bond acceptors (Lipinski definition) is 0. The maximum Gasteiger partial charge on any atom is 0.388 e. The Bertz CT molecular complexity index is 373. The molecule has 0 heterocycles. The zero-order valence-electron chi connectivity index (χ0n) is 9.50. The summed E-state index contributed by atoms with van der Waals surface area (Å²) in [6.45, 7) is 7.41. The van der Waals surface area contributed by atoms with Gasteiger partial charge in [-0.2, -0.15) is 13.2 Å².